The van der Waals surface area contributed by atoms with Crippen LogP contribution in [0.5, 0.6) is 0 Å². The largest absolute Gasteiger partial charge is 0.511 e. The van der Waals surface area contributed by atoms with Gasteiger partial charge in [-0.3, -0.25) is 0 Å². The third-order valence-electron chi connectivity index (χ3n) is 5.32. The first-order chi connectivity index (χ1) is 10.3. The SMILES string of the molecule is C=C(C)C(=O)OCOC(=O)OC12CC3CC(CC(C)(C3)C1)C2. The van der Waals surface area contributed by atoms with Crippen LogP contribution in [-0.4, -0.2) is 24.5 Å². The Balaban J connectivity index is 1.53. The van der Waals surface area contributed by atoms with Crippen LogP contribution in [0.1, 0.15) is 52.4 Å². The van der Waals surface area contributed by atoms with Crippen molar-refractivity contribution in [2.45, 2.75) is 58.0 Å². The van der Waals surface area contributed by atoms with E-state index in [4.69, 9.17) is 14.2 Å². The maximum absolute atomic E-state index is 11.9. The van der Waals surface area contributed by atoms with E-state index in [-0.39, 0.29) is 11.2 Å². The number of ether oxygens (including phenoxy) is 3. The van der Waals surface area contributed by atoms with Crippen LogP contribution >= 0.6 is 0 Å². The van der Waals surface area contributed by atoms with Crippen LogP contribution in [0.4, 0.5) is 4.79 Å². The molecule has 4 aliphatic carbocycles. The maximum atomic E-state index is 11.9. The molecule has 0 aromatic carbocycles. The molecule has 4 bridgehead atoms. The maximum Gasteiger partial charge on any atom is 0.511 e. The lowest BCUT2D eigenvalue weighted by Gasteiger charge is -2.60. The average Bonchev–Trinajstić information content (AvgIpc) is 2.34. The molecule has 0 aromatic rings. The highest BCUT2D eigenvalue weighted by Crippen LogP contribution is 2.62. The van der Waals surface area contributed by atoms with Gasteiger partial charge in [-0.05, 0) is 62.7 Å². The van der Waals surface area contributed by atoms with Crippen molar-refractivity contribution in [2.75, 3.05) is 6.79 Å². The second-order valence-corrected chi connectivity index (χ2v) is 7.78. The molecule has 0 N–H and O–H groups in total. The highest BCUT2D eigenvalue weighted by Gasteiger charge is 2.58. The predicted molar refractivity (Wildman–Crippen MR) is 78.9 cm³/mol. The first-order valence-electron chi connectivity index (χ1n) is 7.98. The highest BCUT2D eigenvalue weighted by atomic mass is 16.8. The fourth-order valence-electron chi connectivity index (χ4n) is 5.21. The Hall–Kier alpha value is -1.52. The van der Waals surface area contributed by atoms with E-state index >= 15 is 0 Å². The standard InChI is InChI=1S/C17H24O5/c1-11(2)14(18)20-10-21-15(19)22-17-7-12-4-13(8-17)6-16(3,5-12)9-17/h12-13H,1,4-10H2,2-3H3. The van der Waals surface area contributed by atoms with Crippen molar-refractivity contribution >= 4 is 12.1 Å². The summed E-state index contributed by atoms with van der Waals surface area (Å²) in [6, 6.07) is 0. The van der Waals surface area contributed by atoms with Gasteiger partial charge in [0.15, 0.2) is 0 Å². The minimum atomic E-state index is -0.736. The van der Waals surface area contributed by atoms with Crippen LogP contribution in [0.25, 0.3) is 0 Å². The molecule has 4 rings (SSSR count). The molecule has 4 saturated carbocycles. The minimum Gasteiger partial charge on any atom is -0.428 e. The Morgan fingerprint density at radius 2 is 1.77 bits per heavy atom. The fourth-order valence-corrected chi connectivity index (χ4v) is 5.21. The first-order valence-corrected chi connectivity index (χ1v) is 7.98. The lowest BCUT2D eigenvalue weighted by molar-refractivity contribution is -0.177. The van der Waals surface area contributed by atoms with E-state index in [1.165, 1.54) is 26.2 Å². The van der Waals surface area contributed by atoms with Crippen LogP contribution in [0.15, 0.2) is 12.2 Å². The minimum absolute atomic E-state index is 0.269. The molecule has 0 aromatic heterocycles. The summed E-state index contributed by atoms with van der Waals surface area (Å²) in [5, 5.41) is 0. The van der Waals surface area contributed by atoms with Gasteiger partial charge in [0.25, 0.3) is 0 Å². The summed E-state index contributed by atoms with van der Waals surface area (Å²) in [5.41, 5.74) is 0.205. The number of hydrogen-bond acceptors (Lipinski definition) is 5. The lowest BCUT2D eigenvalue weighted by atomic mass is 9.48. The first kappa shape index (κ1) is 15.4. The van der Waals surface area contributed by atoms with E-state index in [2.05, 4.69) is 13.5 Å². The molecule has 0 aliphatic heterocycles. The Morgan fingerprint density at radius 3 is 2.32 bits per heavy atom. The van der Waals surface area contributed by atoms with Gasteiger partial charge in [0.2, 0.25) is 6.79 Å². The third-order valence-corrected chi connectivity index (χ3v) is 5.32. The topological polar surface area (TPSA) is 61.8 Å². The zero-order valence-electron chi connectivity index (χ0n) is 13.4. The third kappa shape index (κ3) is 2.99. The quantitative estimate of drug-likeness (QED) is 0.451. The van der Waals surface area contributed by atoms with Crippen molar-refractivity contribution in [1.82, 2.24) is 0 Å². The normalized spacial score (nSPS) is 38.5. The van der Waals surface area contributed by atoms with Gasteiger partial charge >= 0.3 is 12.1 Å². The van der Waals surface area contributed by atoms with Crippen molar-refractivity contribution in [3.05, 3.63) is 12.2 Å². The lowest BCUT2D eigenvalue weighted by Crippen LogP contribution is -2.56. The summed E-state index contributed by atoms with van der Waals surface area (Å²) in [5.74, 6) is 0.760. The van der Waals surface area contributed by atoms with Gasteiger partial charge in [-0.15, -0.1) is 0 Å². The van der Waals surface area contributed by atoms with E-state index in [0.29, 0.717) is 17.3 Å². The number of hydrogen-bond donors (Lipinski definition) is 0. The molecule has 2 unspecified atom stereocenters. The number of rotatable bonds is 4. The van der Waals surface area contributed by atoms with Gasteiger partial charge in [0.1, 0.15) is 5.60 Å². The molecule has 0 spiro atoms. The van der Waals surface area contributed by atoms with Crippen LogP contribution in [0, 0.1) is 17.3 Å². The smallest absolute Gasteiger partial charge is 0.428 e. The molecule has 0 radical (unpaired) electrons. The van der Waals surface area contributed by atoms with E-state index < -0.39 is 18.9 Å². The summed E-state index contributed by atoms with van der Waals surface area (Å²) in [7, 11) is 0. The summed E-state index contributed by atoms with van der Waals surface area (Å²) < 4.78 is 15.3. The van der Waals surface area contributed by atoms with E-state index in [9.17, 15) is 9.59 Å². The van der Waals surface area contributed by atoms with Gasteiger partial charge in [0.05, 0.1) is 0 Å². The zero-order valence-corrected chi connectivity index (χ0v) is 13.4. The number of esters is 1. The molecule has 22 heavy (non-hydrogen) atoms. The zero-order chi connectivity index (χ0) is 16.0. The Morgan fingerprint density at radius 1 is 1.14 bits per heavy atom. The second kappa shape index (κ2) is 5.28. The van der Waals surface area contributed by atoms with Crippen LogP contribution < -0.4 is 0 Å². The van der Waals surface area contributed by atoms with Crippen molar-refractivity contribution in [2.24, 2.45) is 17.3 Å². The molecule has 5 nitrogen and oxygen atoms in total. The van der Waals surface area contributed by atoms with Gasteiger partial charge in [-0.1, -0.05) is 13.5 Å². The highest BCUT2D eigenvalue weighted by molar-refractivity contribution is 5.86. The van der Waals surface area contributed by atoms with E-state index in [1.807, 2.05) is 0 Å². The van der Waals surface area contributed by atoms with Gasteiger partial charge < -0.3 is 14.2 Å². The van der Waals surface area contributed by atoms with Gasteiger partial charge in [-0.2, -0.15) is 0 Å². The number of carbonyl (C=O) groups is 2. The Kier molecular flexibility index (Phi) is 3.69. The van der Waals surface area contributed by atoms with Gasteiger partial charge in [0, 0.05) is 5.57 Å². The summed E-state index contributed by atoms with van der Waals surface area (Å²) in [6.07, 6.45) is 5.85. The van der Waals surface area contributed by atoms with Crippen molar-refractivity contribution in [3.8, 4) is 0 Å². The van der Waals surface area contributed by atoms with Crippen molar-refractivity contribution in [3.63, 3.8) is 0 Å². The molecular weight excluding hydrogens is 284 g/mol. The molecular formula is C17H24O5. The fraction of sp³-hybridized carbons (Fsp3) is 0.765. The van der Waals surface area contributed by atoms with E-state index in [1.54, 1.807) is 0 Å². The predicted octanol–water partition coefficient (Wildman–Crippen LogP) is 3.58. The number of carbonyl (C=O) groups excluding carboxylic acids is 2. The Labute approximate surface area is 131 Å². The monoisotopic (exact) mass is 308 g/mol. The molecule has 5 heteroatoms. The second-order valence-electron chi connectivity index (χ2n) is 7.78. The average molecular weight is 308 g/mol. The molecule has 122 valence electrons. The van der Waals surface area contributed by atoms with Crippen molar-refractivity contribution in [1.29, 1.82) is 0 Å². The summed E-state index contributed by atoms with van der Waals surface area (Å²) in [6.45, 7) is 6.88. The summed E-state index contributed by atoms with van der Waals surface area (Å²) >= 11 is 0. The van der Waals surface area contributed by atoms with Crippen LogP contribution in [0.2, 0.25) is 0 Å². The Bertz CT molecular complexity index is 495. The molecule has 0 heterocycles. The molecule has 0 saturated heterocycles. The molecule has 4 fully saturated rings. The molecule has 4 aliphatic rings. The van der Waals surface area contributed by atoms with Crippen molar-refractivity contribution < 1.29 is 23.8 Å². The van der Waals surface area contributed by atoms with Gasteiger partial charge in [-0.25, -0.2) is 9.59 Å². The molecule has 0 amide bonds. The van der Waals surface area contributed by atoms with Crippen LogP contribution in [0.3, 0.4) is 0 Å². The molecule has 2 atom stereocenters. The van der Waals surface area contributed by atoms with E-state index in [0.717, 1.165) is 19.3 Å². The summed E-state index contributed by atoms with van der Waals surface area (Å²) in [4.78, 5) is 23.1. The van der Waals surface area contributed by atoms with Crippen LogP contribution in [-0.2, 0) is 19.0 Å².